The molecule has 34 heavy (non-hydrogen) atoms. The number of aliphatic hydroxyl groups is 1. The molecule has 1 heterocycles. The molecule has 1 fully saturated rings. The van der Waals surface area contributed by atoms with E-state index in [1.54, 1.807) is 25.1 Å². The summed E-state index contributed by atoms with van der Waals surface area (Å²) in [6, 6.07) is 11.2. The van der Waals surface area contributed by atoms with Crippen LogP contribution in [-0.4, -0.2) is 52.9 Å². The molecular formula is C27H35ClFNO4. The summed E-state index contributed by atoms with van der Waals surface area (Å²) in [6.07, 6.45) is 3.04. The first-order valence-corrected chi connectivity index (χ1v) is 12.4. The van der Waals surface area contributed by atoms with Crippen LogP contribution >= 0.6 is 11.6 Å². The predicted molar refractivity (Wildman–Crippen MR) is 132 cm³/mol. The van der Waals surface area contributed by atoms with Crippen molar-refractivity contribution in [1.29, 1.82) is 0 Å². The summed E-state index contributed by atoms with van der Waals surface area (Å²) in [7, 11) is 0. The zero-order valence-electron chi connectivity index (χ0n) is 20.0. The first kappa shape index (κ1) is 26.6. The van der Waals surface area contributed by atoms with Gasteiger partial charge in [0.2, 0.25) is 0 Å². The number of hydrogen-bond acceptors (Lipinski definition) is 4. The summed E-state index contributed by atoms with van der Waals surface area (Å²) < 4.78 is 20.0. The fourth-order valence-electron chi connectivity index (χ4n) is 4.73. The highest BCUT2D eigenvalue weighted by Crippen LogP contribution is 2.29. The highest BCUT2D eigenvalue weighted by atomic mass is 35.5. The highest BCUT2D eigenvalue weighted by Gasteiger charge is 2.27. The third-order valence-corrected chi connectivity index (χ3v) is 6.81. The first-order valence-electron chi connectivity index (χ1n) is 12.1. The normalized spacial score (nSPS) is 18.2. The average Bonchev–Trinajstić information content (AvgIpc) is 3.22. The number of aliphatic carboxylic acids is 1. The van der Waals surface area contributed by atoms with Gasteiger partial charge in [0.25, 0.3) is 0 Å². The number of halogens is 2. The number of nitrogens with zero attached hydrogens (tertiary/aromatic N) is 1. The quantitative estimate of drug-likeness (QED) is 0.419. The summed E-state index contributed by atoms with van der Waals surface area (Å²) >= 11 is 6.14. The molecule has 0 aromatic heterocycles. The van der Waals surface area contributed by atoms with Crippen molar-refractivity contribution in [3.63, 3.8) is 0 Å². The lowest BCUT2D eigenvalue weighted by atomic mass is 9.97. The van der Waals surface area contributed by atoms with Gasteiger partial charge in [-0.15, -0.1) is 0 Å². The van der Waals surface area contributed by atoms with Crippen molar-refractivity contribution in [1.82, 2.24) is 4.90 Å². The molecule has 2 aromatic rings. The second kappa shape index (κ2) is 12.6. The third-order valence-electron chi connectivity index (χ3n) is 6.57. The van der Waals surface area contributed by atoms with E-state index in [2.05, 4.69) is 4.90 Å². The molecule has 0 radical (unpaired) electrons. The summed E-state index contributed by atoms with van der Waals surface area (Å²) in [5.74, 6) is -1.03. The molecule has 5 nitrogen and oxygen atoms in total. The van der Waals surface area contributed by atoms with Crippen molar-refractivity contribution in [3.8, 4) is 0 Å². The zero-order valence-corrected chi connectivity index (χ0v) is 20.7. The Labute approximate surface area is 206 Å². The van der Waals surface area contributed by atoms with E-state index in [-0.39, 0.29) is 31.0 Å². The molecular weight excluding hydrogens is 457 g/mol. The Bertz CT molecular complexity index is 970. The number of hydrogen-bond donors (Lipinski definition) is 2. The lowest BCUT2D eigenvalue weighted by Gasteiger charge is -2.28. The van der Waals surface area contributed by atoms with Gasteiger partial charge >= 0.3 is 5.97 Å². The molecule has 3 atom stereocenters. The Balaban J connectivity index is 1.57. The number of rotatable bonds is 12. The van der Waals surface area contributed by atoms with Crippen LogP contribution in [0.5, 0.6) is 0 Å². The number of carboxylic acid groups (broad SMARTS) is 1. The summed E-state index contributed by atoms with van der Waals surface area (Å²) in [4.78, 5) is 13.3. The maximum atomic E-state index is 13.9. The van der Waals surface area contributed by atoms with Crippen LogP contribution in [0, 0.1) is 12.7 Å². The fraction of sp³-hybridized carbons (Fsp3) is 0.519. The number of aryl methyl sites for hydroxylation is 2. The molecule has 0 aliphatic carbocycles. The van der Waals surface area contributed by atoms with E-state index in [1.165, 1.54) is 0 Å². The molecule has 186 valence electrons. The molecule has 0 saturated carbocycles. The Morgan fingerprint density at radius 2 is 2.09 bits per heavy atom. The molecule has 7 heteroatoms. The molecule has 1 aliphatic rings. The number of aliphatic hydroxyl groups excluding tert-OH is 1. The van der Waals surface area contributed by atoms with Gasteiger partial charge in [0.15, 0.2) is 0 Å². The van der Waals surface area contributed by atoms with Gasteiger partial charge in [-0.2, -0.15) is 0 Å². The number of carboxylic acids is 1. The molecule has 1 aliphatic heterocycles. The summed E-state index contributed by atoms with van der Waals surface area (Å²) in [5.41, 5.74) is 3.41. The Kier molecular flexibility index (Phi) is 9.89. The molecule has 2 N–H and O–H groups in total. The molecule has 1 saturated heterocycles. The van der Waals surface area contributed by atoms with E-state index >= 15 is 0 Å². The number of carbonyl (C=O) groups is 1. The minimum absolute atomic E-state index is 0.0215. The van der Waals surface area contributed by atoms with Crippen LogP contribution in [-0.2, 0) is 22.4 Å². The SMILES string of the molecule is CC[C@@H](OC[C@H](O)CN1CCC[C@H]1Cc1ccc(C)c(F)c1)c1ccc(Cl)cc1CCC(=O)O. The van der Waals surface area contributed by atoms with Gasteiger partial charge in [-0.25, -0.2) is 4.39 Å². The fourth-order valence-corrected chi connectivity index (χ4v) is 4.92. The lowest BCUT2D eigenvalue weighted by Crippen LogP contribution is -2.39. The molecule has 3 rings (SSSR count). The van der Waals surface area contributed by atoms with Crippen molar-refractivity contribution < 1.29 is 24.1 Å². The van der Waals surface area contributed by atoms with Gasteiger partial charge < -0.3 is 14.9 Å². The van der Waals surface area contributed by atoms with Crippen molar-refractivity contribution in [2.75, 3.05) is 19.7 Å². The van der Waals surface area contributed by atoms with E-state index in [4.69, 9.17) is 21.4 Å². The number of β-amino-alcohol motifs (C(OH)–C–C–N with tert-alkyl or cyclic N) is 1. The monoisotopic (exact) mass is 491 g/mol. The van der Waals surface area contributed by atoms with Crippen LogP contribution in [0.15, 0.2) is 36.4 Å². The first-order chi connectivity index (χ1) is 16.3. The van der Waals surface area contributed by atoms with Crippen LogP contribution in [0.1, 0.15) is 61.0 Å². The topological polar surface area (TPSA) is 70.0 Å². The average molecular weight is 492 g/mol. The van der Waals surface area contributed by atoms with Gasteiger partial charge in [-0.05, 0) is 86.0 Å². The van der Waals surface area contributed by atoms with Crippen LogP contribution in [0.3, 0.4) is 0 Å². The van der Waals surface area contributed by atoms with Crippen molar-refractivity contribution >= 4 is 17.6 Å². The molecule has 2 aromatic carbocycles. The maximum Gasteiger partial charge on any atom is 0.303 e. The Hall–Kier alpha value is -1.99. The second-order valence-electron chi connectivity index (χ2n) is 9.20. The van der Waals surface area contributed by atoms with Crippen LogP contribution in [0.2, 0.25) is 5.02 Å². The van der Waals surface area contributed by atoms with Gasteiger partial charge in [0, 0.05) is 24.0 Å². The van der Waals surface area contributed by atoms with Gasteiger partial charge in [-0.3, -0.25) is 9.69 Å². The van der Waals surface area contributed by atoms with Gasteiger partial charge in [-0.1, -0.05) is 36.7 Å². The Morgan fingerprint density at radius 3 is 2.79 bits per heavy atom. The molecule has 0 amide bonds. The minimum Gasteiger partial charge on any atom is -0.481 e. The molecule has 0 unspecified atom stereocenters. The third kappa shape index (κ3) is 7.51. The standard InChI is InChI=1S/C27H35ClFNO4/c1-3-26(24-10-9-21(28)15-20(24)8-11-27(32)33)34-17-23(31)16-30-12-4-5-22(30)13-19-7-6-18(2)25(29)14-19/h6-7,9-10,14-15,22-23,26,31H,3-5,8,11-13,16-17H2,1-2H3,(H,32,33)/t22-,23+,26+/m0/s1. The molecule has 0 spiro atoms. The highest BCUT2D eigenvalue weighted by molar-refractivity contribution is 6.30. The van der Waals surface area contributed by atoms with Crippen LogP contribution in [0.25, 0.3) is 0 Å². The summed E-state index contributed by atoms with van der Waals surface area (Å²) in [5, 5.41) is 20.4. The smallest absolute Gasteiger partial charge is 0.303 e. The van der Waals surface area contributed by atoms with E-state index < -0.39 is 12.1 Å². The lowest BCUT2D eigenvalue weighted by molar-refractivity contribution is -0.136. The van der Waals surface area contributed by atoms with Crippen molar-refractivity contribution in [3.05, 3.63) is 69.5 Å². The number of benzene rings is 2. The van der Waals surface area contributed by atoms with Gasteiger partial charge in [0.1, 0.15) is 5.82 Å². The summed E-state index contributed by atoms with van der Waals surface area (Å²) in [6.45, 7) is 5.36. The largest absolute Gasteiger partial charge is 0.481 e. The van der Waals surface area contributed by atoms with Crippen LogP contribution in [0.4, 0.5) is 4.39 Å². The minimum atomic E-state index is -0.858. The maximum absolute atomic E-state index is 13.9. The van der Waals surface area contributed by atoms with E-state index in [0.29, 0.717) is 30.0 Å². The second-order valence-corrected chi connectivity index (χ2v) is 9.64. The van der Waals surface area contributed by atoms with Crippen LogP contribution < -0.4 is 0 Å². The van der Waals surface area contributed by atoms with E-state index in [0.717, 1.165) is 42.5 Å². The van der Waals surface area contributed by atoms with E-state index in [9.17, 15) is 14.3 Å². The molecule has 0 bridgehead atoms. The number of likely N-dealkylation sites (tertiary alicyclic amines) is 1. The number of ether oxygens (including phenoxy) is 1. The van der Waals surface area contributed by atoms with Gasteiger partial charge in [0.05, 0.1) is 18.8 Å². The Morgan fingerprint density at radius 1 is 1.29 bits per heavy atom. The zero-order chi connectivity index (χ0) is 24.7. The van der Waals surface area contributed by atoms with Crippen molar-refractivity contribution in [2.24, 2.45) is 0 Å². The van der Waals surface area contributed by atoms with E-state index in [1.807, 2.05) is 25.1 Å². The van der Waals surface area contributed by atoms with Crippen molar-refractivity contribution in [2.45, 2.75) is 70.6 Å². The predicted octanol–water partition coefficient (Wildman–Crippen LogP) is 5.34.